The summed E-state index contributed by atoms with van der Waals surface area (Å²) in [6.07, 6.45) is 3.31. The molecule has 2 aromatic carbocycles. The van der Waals surface area contributed by atoms with Gasteiger partial charge in [-0.3, -0.25) is 4.98 Å². The van der Waals surface area contributed by atoms with Crippen molar-refractivity contribution in [2.45, 2.75) is 13.5 Å². The van der Waals surface area contributed by atoms with Crippen LogP contribution in [-0.4, -0.2) is 22.1 Å². The van der Waals surface area contributed by atoms with Crippen LogP contribution in [0.2, 0.25) is 0 Å². The highest BCUT2D eigenvalue weighted by Crippen LogP contribution is 2.35. The fraction of sp³-hybridized carbons (Fsp3) is 0.130. The molecular weight excluding hydrogens is 510 g/mol. The quantitative estimate of drug-likeness (QED) is 0.200. The van der Waals surface area contributed by atoms with E-state index in [1.165, 1.54) is 6.07 Å². The van der Waals surface area contributed by atoms with Crippen LogP contribution in [0.15, 0.2) is 60.9 Å². The maximum Gasteiger partial charge on any atom is 0.357 e. The second-order valence-corrected chi connectivity index (χ2v) is 8.16. The zero-order valence-corrected chi connectivity index (χ0v) is 18.9. The van der Waals surface area contributed by atoms with Crippen molar-refractivity contribution in [3.8, 4) is 0 Å². The van der Waals surface area contributed by atoms with Gasteiger partial charge in [0.15, 0.2) is 5.69 Å². The summed E-state index contributed by atoms with van der Waals surface area (Å²) in [5.74, 6) is -0.918. The van der Waals surface area contributed by atoms with Gasteiger partial charge in [0.05, 0.1) is 23.5 Å². The molecule has 31 heavy (non-hydrogen) atoms. The van der Waals surface area contributed by atoms with Gasteiger partial charge in [-0.25, -0.2) is 9.18 Å². The number of nitrogens with one attached hydrogen (secondary N) is 1. The van der Waals surface area contributed by atoms with Gasteiger partial charge < -0.3 is 20.4 Å². The number of nitrogen functional groups attached to an aromatic ring is 1. The fourth-order valence-corrected chi connectivity index (χ4v) is 3.95. The second kappa shape index (κ2) is 8.93. The average Bonchev–Trinajstić information content (AvgIpc) is 3.04. The van der Waals surface area contributed by atoms with Crippen LogP contribution >= 0.6 is 22.6 Å². The predicted octanol–water partition coefficient (Wildman–Crippen LogP) is 5.33. The lowest BCUT2D eigenvalue weighted by Gasteiger charge is -2.13. The van der Waals surface area contributed by atoms with Crippen LogP contribution < -0.4 is 11.1 Å². The summed E-state index contributed by atoms with van der Waals surface area (Å²) in [4.78, 5) is 17.2. The zero-order chi connectivity index (χ0) is 22.0. The Hall–Kier alpha value is -3.14. The van der Waals surface area contributed by atoms with Crippen LogP contribution in [0, 0.1) is 9.39 Å². The zero-order valence-electron chi connectivity index (χ0n) is 16.7. The van der Waals surface area contributed by atoms with Gasteiger partial charge in [-0.2, -0.15) is 0 Å². The van der Waals surface area contributed by atoms with E-state index in [9.17, 15) is 9.18 Å². The summed E-state index contributed by atoms with van der Waals surface area (Å²) in [6.45, 7) is 2.35. The Morgan fingerprint density at radius 1 is 1.26 bits per heavy atom. The molecule has 0 aliphatic carbocycles. The Morgan fingerprint density at radius 2 is 2.10 bits per heavy atom. The number of pyridine rings is 1. The lowest BCUT2D eigenvalue weighted by atomic mass is 10.2. The number of rotatable bonds is 6. The Kier molecular flexibility index (Phi) is 6.08. The third kappa shape index (κ3) is 4.34. The van der Waals surface area contributed by atoms with Crippen LogP contribution in [0.5, 0.6) is 0 Å². The van der Waals surface area contributed by atoms with E-state index >= 15 is 0 Å². The van der Waals surface area contributed by atoms with E-state index < -0.39 is 11.8 Å². The Balaban J connectivity index is 1.91. The molecule has 0 saturated carbocycles. The van der Waals surface area contributed by atoms with Crippen LogP contribution in [0.3, 0.4) is 0 Å². The number of carbonyl (C=O) groups excluding carboxylic acids is 1. The standard InChI is InChI=1S/C23H20FIN4O2/c1-2-31-23(30)22-21(28-19-7-6-15(25)11-18(19)24)17-12-27-9-8-20(17)29(22)13-14-4-3-5-16(26)10-14/h3-12,28H,2,13,26H2,1H3. The van der Waals surface area contributed by atoms with Crippen molar-refractivity contribution in [1.29, 1.82) is 0 Å². The summed E-state index contributed by atoms with van der Waals surface area (Å²) in [5, 5.41) is 3.79. The van der Waals surface area contributed by atoms with Gasteiger partial charge in [-0.05, 0) is 71.5 Å². The first-order chi connectivity index (χ1) is 15.0. The number of benzene rings is 2. The number of hydrogen-bond donors (Lipinski definition) is 2. The van der Waals surface area contributed by atoms with Crippen molar-refractivity contribution in [3.63, 3.8) is 0 Å². The molecule has 0 saturated heterocycles. The number of aromatic nitrogens is 2. The molecule has 0 amide bonds. The molecule has 0 fully saturated rings. The van der Waals surface area contributed by atoms with Crippen molar-refractivity contribution in [3.05, 3.63) is 81.6 Å². The number of nitrogens with two attached hydrogens (primary N) is 1. The second-order valence-electron chi connectivity index (χ2n) is 6.92. The van der Waals surface area contributed by atoms with Crippen LogP contribution in [0.1, 0.15) is 23.0 Å². The van der Waals surface area contributed by atoms with Crippen LogP contribution in [-0.2, 0) is 11.3 Å². The van der Waals surface area contributed by atoms with Gasteiger partial charge in [-0.15, -0.1) is 0 Å². The SMILES string of the molecule is CCOC(=O)c1c(Nc2ccc(I)cc2F)c2cnccc2n1Cc1cccc(N)c1. The van der Waals surface area contributed by atoms with E-state index in [0.717, 1.165) is 14.7 Å². The van der Waals surface area contributed by atoms with E-state index in [1.807, 2.05) is 51.4 Å². The first-order valence-corrected chi connectivity index (χ1v) is 10.8. The summed E-state index contributed by atoms with van der Waals surface area (Å²) in [7, 11) is 0. The van der Waals surface area contributed by atoms with E-state index in [4.69, 9.17) is 10.5 Å². The Bertz CT molecular complexity index is 1270. The minimum atomic E-state index is -0.504. The molecule has 0 bridgehead atoms. The van der Waals surface area contributed by atoms with Crippen LogP contribution in [0.25, 0.3) is 10.9 Å². The molecule has 0 unspecified atom stereocenters. The maximum absolute atomic E-state index is 14.6. The molecule has 0 spiro atoms. The molecule has 0 radical (unpaired) electrons. The molecule has 4 rings (SSSR count). The van der Waals surface area contributed by atoms with E-state index in [1.54, 1.807) is 37.5 Å². The summed E-state index contributed by atoms with van der Waals surface area (Å²) in [6, 6.07) is 14.1. The molecule has 4 aromatic rings. The lowest BCUT2D eigenvalue weighted by molar-refractivity contribution is 0.0516. The van der Waals surface area contributed by atoms with Crippen molar-refractivity contribution in [1.82, 2.24) is 9.55 Å². The Morgan fingerprint density at radius 3 is 2.84 bits per heavy atom. The maximum atomic E-state index is 14.6. The molecule has 0 atom stereocenters. The number of fused-ring (bicyclic) bond motifs is 1. The number of anilines is 3. The number of esters is 1. The first kappa shape index (κ1) is 21.1. The first-order valence-electron chi connectivity index (χ1n) is 9.67. The summed E-state index contributed by atoms with van der Waals surface area (Å²) < 4.78 is 22.6. The van der Waals surface area contributed by atoms with Gasteiger partial charge in [0.1, 0.15) is 5.82 Å². The highest BCUT2D eigenvalue weighted by molar-refractivity contribution is 14.1. The van der Waals surface area contributed by atoms with Gasteiger partial charge >= 0.3 is 5.97 Å². The third-order valence-corrected chi connectivity index (χ3v) is 5.49. The monoisotopic (exact) mass is 530 g/mol. The molecule has 8 heteroatoms. The predicted molar refractivity (Wildman–Crippen MR) is 128 cm³/mol. The number of ether oxygens (including phenoxy) is 1. The fourth-order valence-electron chi connectivity index (χ4n) is 3.50. The largest absolute Gasteiger partial charge is 0.461 e. The topological polar surface area (TPSA) is 82.2 Å². The average molecular weight is 530 g/mol. The number of halogens is 2. The Labute approximate surface area is 192 Å². The molecule has 2 heterocycles. The highest BCUT2D eigenvalue weighted by atomic mass is 127. The summed E-state index contributed by atoms with van der Waals surface area (Å²) >= 11 is 2.05. The smallest absolute Gasteiger partial charge is 0.357 e. The third-order valence-electron chi connectivity index (χ3n) is 4.82. The van der Waals surface area contributed by atoms with E-state index in [2.05, 4.69) is 10.3 Å². The van der Waals surface area contributed by atoms with E-state index in [0.29, 0.717) is 29.0 Å². The molecule has 2 aromatic heterocycles. The highest BCUT2D eigenvalue weighted by Gasteiger charge is 2.25. The van der Waals surface area contributed by atoms with E-state index in [-0.39, 0.29) is 12.3 Å². The van der Waals surface area contributed by atoms with Crippen LogP contribution in [0.4, 0.5) is 21.5 Å². The molecule has 158 valence electrons. The van der Waals surface area contributed by atoms with Crippen molar-refractivity contribution in [2.75, 3.05) is 17.7 Å². The van der Waals surface area contributed by atoms with Crippen molar-refractivity contribution < 1.29 is 13.9 Å². The number of nitrogens with zero attached hydrogens (tertiary/aromatic N) is 2. The van der Waals surface area contributed by atoms with Gasteiger partial charge in [-0.1, -0.05) is 12.1 Å². The van der Waals surface area contributed by atoms with Gasteiger partial charge in [0, 0.05) is 33.6 Å². The number of hydrogen-bond acceptors (Lipinski definition) is 5. The molecule has 6 nitrogen and oxygen atoms in total. The minimum absolute atomic E-state index is 0.216. The molecule has 0 aliphatic rings. The normalized spacial score (nSPS) is 10.9. The van der Waals surface area contributed by atoms with Gasteiger partial charge in [0.25, 0.3) is 0 Å². The summed E-state index contributed by atoms with van der Waals surface area (Å²) in [5.41, 5.74) is 9.28. The molecule has 0 aliphatic heterocycles. The van der Waals surface area contributed by atoms with Gasteiger partial charge in [0.2, 0.25) is 0 Å². The van der Waals surface area contributed by atoms with Crippen molar-refractivity contribution >= 4 is 56.5 Å². The lowest BCUT2D eigenvalue weighted by Crippen LogP contribution is -2.15. The minimum Gasteiger partial charge on any atom is -0.461 e. The molecule has 3 N–H and O–H groups in total. The number of carbonyl (C=O) groups is 1. The molecular formula is C23H20FIN4O2. The van der Waals surface area contributed by atoms with Crippen molar-refractivity contribution in [2.24, 2.45) is 0 Å².